The molecule has 8 nitrogen and oxygen atoms in total. The Labute approximate surface area is 289 Å². The van der Waals surface area contributed by atoms with E-state index < -0.39 is 28.5 Å². The molecule has 0 saturated carbocycles. The molecule has 0 saturated heterocycles. The quantitative estimate of drug-likeness (QED) is 0.129. The number of nitrogens with zero attached hydrogens (tertiary/aromatic N) is 2. The zero-order valence-corrected chi connectivity index (χ0v) is 29.9. The Morgan fingerprint density at radius 3 is 2.19 bits per heavy atom. The molecule has 10 heteroatoms. The number of nitrogens with one attached hydrogen (secondary N) is 1. The molecule has 254 valence electrons. The fourth-order valence-corrected chi connectivity index (χ4v) is 7.16. The number of amides is 2. The molecule has 0 aliphatic heterocycles. The number of aryl methyl sites for hydroxylation is 1. The minimum Gasteiger partial charge on any atom is -0.492 e. The molecular formula is C38H45N3O5S2. The third-order valence-electron chi connectivity index (χ3n) is 8.07. The lowest BCUT2D eigenvalue weighted by molar-refractivity contribution is -0.140. The van der Waals surface area contributed by atoms with Gasteiger partial charge in [-0.05, 0) is 81.0 Å². The number of anilines is 1. The van der Waals surface area contributed by atoms with Crippen molar-refractivity contribution in [1.29, 1.82) is 0 Å². The van der Waals surface area contributed by atoms with Gasteiger partial charge in [-0.3, -0.25) is 13.9 Å². The van der Waals surface area contributed by atoms with Crippen LogP contribution in [0, 0.1) is 6.92 Å². The fourth-order valence-electron chi connectivity index (χ4n) is 5.33. The van der Waals surface area contributed by atoms with Gasteiger partial charge in [-0.15, -0.1) is 11.8 Å². The Morgan fingerprint density at radius 2 is 1.54 bits per heavy atom. The molecule has 0 aliphatic rings. The van der Waals surface area contributed by atoms with Crippen LogP contribution >= 0.6 is 11.8 Å². The largest absolute Gasteiger partial charge is 0.492 e. The summed E-state index contributed by atoms with van der Waals surface area (Å²) in [5.41, 5.74) is 2.95. The lowest BCUT2D eigenvalue weighted by Crippen LogP contribution is -2.54. The van der Waals surface area contributed by atoms with E-state index in [-0.39, 0.29) is 35.5 Å². The molecule has 2 amide bonds. The van der Waals surface area contributed by atoms with E-state index in [9.17, 15) is 18.0 Å². The van der Waals surface area contributed by atoms with Gasteiger partial charge in [0.2, 0.25) is 11.8 Å². The summed E-state index contributed by atoms with van der Waals surface area (Å²) in [5, 5.41) is 3.07. The summed E-state index contributed by atoms with van der Waals surface area (Å²) < 4.78 is 35.8. The molecule has 0 aromatic heterocycles. The van der Waals surface area contributed by atoms with Crippen LogP contribution in [0.15, 0.2) is 113 Å². The number of ether oxygens (including phenoxy) is 1. The lowest BCUT2D eigenvalue weighted by atomic mass is 10.0. The van der Waals surface area contributed by atoms with Crippen molar-refractivity contribution in [3.8, 4) is 5.75 Å². The summed E-state index contributed by atoms with van der Waals surface area (Å²) in [6.07, 6.45) is 2.88. The Bertz CT molecular complexity index is 1760. The highest BCUT2D eigenvalue weighted by Crippen LogP contribution is 2.33. The third kappa shape index (κ3) is 9.41. The number of thioether (sulfide) groups is 1. The first-order chi connectivity index (χ1) is 23.1. The number of hydrogen-bond acceptors (Lipinski definition) is 6. The van der Waals surface area contributed by atoms with Gasteiger partial charge >= 0.3 is 0 Å². The van der Waals surface area contributed by atoms with E-state index in [1.54, 1.807) is 48.5 Å². The van der Waals surface area contributed by atoms with E-state index in [0.717, 1.165) is 25.9 Å². The first-order valence-electron chi connectivity index (χ1n) is 16.1. The number of hydrogen-bond donors (Lipinski definition) is 1. The Balaban J connectivity index is 1.85. The molecular weight excluding hydrogens is 643 g/mol. The van der Waals surface area contributed by atoms with Gasteiger partial charge in [0.15, 0.2) is 0 Å². The Kier molecular flexibility index (Phi) is 13.1. The van der Waals surface area contributed by atoms with E-state index in [0.29, 0.717) is 18.8 Å². The van der Waals surface area contributed by atoms with Crippen LogP contribution in [0.3, 0.4) is 0 Å². The highest BCUT2D eigenvalue weighted by Gasteiger charge is 2.36. The monoisotopic (exact) mass is 687 g/mol. The third-order valence-corrected chi connectivity index (χ3v) is 10.6. The van der Waals surface area contributed by atoms with Crippen molar-refractivity contribution in [2.24, 2.45) is 0 Å². The zero-order chi connectivity index (χ0) is 34.7. The van der Waals surface area contributed by atoms with Gasteiger partial charge in [0.1, 0.15) is 18.3 Å². The molecule has 2 atom stereocenters. The number of rotatable bonds is 16. The van der Waals surface area contributed by atoms with Gasteiger partial charge in [0, 0.05) is 23.9 Å². The molecule has 0 aliphatic carbocycles. The topological polar surface area (TPSA) is 96.0 Å². The molecule has 4 aromatic carbocycles. The number of sulfonamides is 1. The van der Waals surface area contributed by atoms with Gasteiger partial charge in [-0.25, -0.2) is 8.42 Å². The molecule has 0 radical (unpaired) electrons. The van der Waals surface area contributed by atoms with Crippen molar-refractivity contribution in [3.05, 3.63) is 120 Å². The average molecular weight is 688 g/mol. The van der Waals surface area contributed by atoms with E-state index >= 15 is 0 Å². The maximum absolute atomic E-state index is 14.8. The summed E-state index contributed by atoms with van der Waals surface area (Å²) in [5.74, 6) is -0.490. The summed E-state index contributed by atoms with van der Waals surface area (Å²) >= 11 is 1.50. The highest BCUT2D eigenvalue weighted by atomic mass is 32.2. The Hall–Kier alpha value is -4.28. The van der Waals surface area contributed by atoms with Crippen molar-refractivity contribution < 1.29 is 22.7 Å². The minimum absolute atomic E-state index is 0.0417. The average Bonchev–Trinajstić information content (AvgIpc) is 3.09. The van der Waals surface area contributed by atoms with Crippen molar-refractivity contribution in [3.63, 3.8) is 0 Å². The molecule has 0 unspecified atom stereocenters. The smallest absolute Gasteiger partial charge is 0.264 e. The van der Waals surface area contributed by atoms with E-state index in [1.807, 2.05) is 88.5 Å². The van der Waals surface area contributed by atoms with Gasteiger partial charge in [-0.2, -0.15) is 0 Å². The van der Waals surface area contributed by atoms with Gasteiger partial charge < -0.3 is 15.0 Å². The highest BCUT2D eigenvalue weighted by molar-refractivity contribution is 7.98. The molecule has 1 N–H and O–H groups in total. The lowest BCUT2D eigenvalue weighted by Gasteiger charge is -2.34. The molecule has 0 bridgehead atoms. The first kappa shape index (κ1) is 36.6. The maximum Gasteiger partial charge on any atom is 0.264 e. The second-order valence-corrected chi connectivity index (χ2v) is 14.4. The number of carbonyl (C=O) groups excluding carboxylic acids is 2. The second kappa shape index (κ2) is 17.2. The standard InChI is InChI=1S/C38H45N3O5S2/c1-6-29(4)39-38(43)35(25-30-15-9-8-10-16-30)40(26-31-17-13-14-28(3)24-31)37(42)27-41(34-18-11-12-19-36(34)46-7-2)48(44,45)33-22-20-32(47-5)21-23-33/h8-24,29,35H,6-7,25-27H2,1-5H3,(H,39,43)/t29-,35+/m0/s1. The molecule has 4 rings (SSSR count). The van der Waals surface area contributed by atoms with Crippen molar-refractivity contribution in [2.75, 3.05) is 23.7 Å². The summed E-state index contributed by atoms with van der Waals surface area (Å²) in [6, 6.07) is 29.6. The molecule has 0 spiro atoms. The van der Waals surface area contributed by atoms with Crippen molar-refractivity contribution >= 4 is 39.3 Å². The van der Waals surface area contributed by atoms with Crippen LogP contribution in [-0.2, 0) is 32.6 Å². The van der Waals surface area contributed by atoms with Crippen LogP contribution in [-0.4, -0.2) is 56.6 Å². The van der Waals surface area contributed by atoms with Crippen LogP contribution in [0.2, 0.25) is 0 Å². The number of carbonyl (C=O) groups is 2. The number of para-hydroxylation sites is 2. The summed E-state index contributed by atoms with van der Waals surface area (Å²) in [4.78, 5) is 31.3. The van der Waals surface area contributed by atoms with Gasteiger partial charge in [0.05, 0.1) is 17.2 Å². The van der Waals surface area contributed by atoms with Crippen LogP contribution in [0.25, 0.3) is 0 Å². The first-order valence-corrected chi connectivity index (χ1v) is 18.8. The minimum atomic E-state index is -4.26. The van der Waals surface area contributed by atoms with Gasteiger partial charge in [-0.1, -0.05) is 79.2 Å². The maximum atomic E-state index is 14.8. The van der Waals surface area contributed by atoms with Crippen molar-refractivity contribution in [2.45, 2.75) is 69.0 Å². The van der Waals surface area contributed by atoms with E-state index in [4.69, 9.17) is 4.74 Å². The van der Waals surface area contributed by atoms with Crippen molar-refractivity contribution in [1.82, 2.24) is 10.2 Å². The summed E-state index contributed by atoms with van der Waals surface area (Å²) in [6.45, 7) is 7.54. The van der Waals surface area contributed by atoms with Crippen LogP contribution in [0.5, 0.6) is 5.75 Å². The molecule has 0 heterocycles. The molecule has 0 fully saturated rings. The van der Waals surface area contributed by atoms with Crippen LogP contribution in [0.4, 0.5) is 5.69 Å². The van der Waals surface area contributed by atoms with E-state index in [2.05, 4.69) is 5.32 Å². The zero-order valence-electron chi connectivity index (χ0n) is 28.3. The SMILES string of the molecule is CCOc1ccccc1N(CC(=O)N(Cc1cccc(C)c1)[C@H](Cc1ccccc1)C(=O)N[C@@H](C)CC)S(=O)(=O)c1ccc(SC)cc1. The second-order valence-electron chi connectivity index (χ2n) is 11.6. The van der Waals surface area contributed by atoms with E-state index in [1.165, 1.54) is 16.7 Å². The van der Waals surface area contributed by atoms with Crippen LogP contribution < -0.4 is 14.4 Å². The van der Waals surface area contributed by atoms with Crippen LogP contribution in [0.1, 0.15) is 43.9 Å². The summed E-state index contributed by atoms with van der Waals surface area (Å²) in [7, 11) is -4.26. The predicted molar refractivity (Wildman–Crippen MR) is 194 cm³/mol. The Morgan fingerprint density at radius 1 is 0.875 bits per heavy atom. The molecule has 4 aromatic rings. The van der Waals surface area contributed by atoms with Gasteiger partial charge in [0.25, 0.3) is 10.0 Å². The molecule has 48 heavy (non-hydrogen) atoms. The normalized spacial score (nSPS) is 12.5. The number of benzene rings is 4. The fraction of sp³-hybridized carbons (Fsp3) is 0.316. The predicted octanol–water partition coefficient (Wildman–Crippen LogP) is 6.87.